The molecule has 0 saturated carbocycles. The van der Waals surface area contributed by atoms with E-state index in [9.17, 15) is 10.1 Å². The zero-order valence-electron chi connectivity index (χ0n) is 11.2. The van der Waals surface area contributed by atoms with E-state index in [0.29, 0.717) is 33.7 Å². The van der Waals surface area contributed by atoms with Crippen molar-refractivity contribution < 1.29 is 4.92 Å². The van der Waals surface area contributed by atoms with Crippen LogP contribution in [0.5, 0.6) is 0 Å². The predicted octanol–water partition coefficient (Wildman–Crippen LogP) is 5.08. The summed E-state index contributed by atoms with van der Waals surface area (Å²) in [5.74, 6) is 0. The van der Waals surface area contributed by atoms with E-state index in [4.69, 9.17) is 23.2 Å². The smallest absolute Gasteiger partial charge is 0.273 e. The van der Waals surface area contributed by atoms with E-state index in [2.05, 4.69) is 10.6 Å². The highest BCUT2D eigenvalue weighted by Gasteiger charge is 2.11. The third-order valence-corrected chi connectivity index (χ3v) is 3.56. The first-order chi connectivity index (χ1) is 10.0. The number of hydrogen-bond acceptors (Lipinski definition) is 4. The monoisotopic (exact) mass is 325 g/mol. The van der Waals surface area contributed by atoms with Crippen molar-refractivity contribution >= 4 is 46.0 Å². The van der Waals surface area contributed by atoms with Crippen LogP contribution in [0.1, 0.15) is 6.92 Å². The first-order valence-electron chi connectivity index (χ1n) is 6.25. The number of halogens is 2. The van der Waals surface area contributed by atoms with Crippen molar-refractivity contribution in [3.63, 3.8) is 0 Å². The van der Waals surface area contributed by atoms with Gasteiger partial charge in [-0.1, -0.05) is 29.3 Å². The second kappa shape index (κ2) is 6.65. The van der Waals surface area contributed by atoms with Crippen molar-refractivity contribution in [1.29, 1.82) is 0 Å². The van der Waals surface area contributed by atoms with E-state index in [1.54, 1.807) is 24.3 Å². The molecule has 0 aliphatic rings. The number of nitrogens with one attached hydrogen (secondary N) is 2. The van der Waals surface area contributed by atoms with Crippen LogP contribution in [0.3, 0.4) is 0 Å². The number of nitro benzene ring substituents is 1. The molecule has 0 radical (unpaired) electrons. The highest BCUT2D eigenvalue weighted by molar-refractivity contribution is 6.43. The summed E-state index contributed by atoms with van der Waals surface area (Å²) in [5, 5.41) is 17.9. The molecule has 0 unspecified atom stereocenters. The third-order valence-electron chi connectivity index (χ3n) is 2.74. The van der Waals surface area contributed by atoms with Crippen molar-refractivity contribution in [1.82, 2.24) is 0 Å². The standard InChI is InChI=1S/C14H13Cl2N3O2/c1-2-17-9-6-10(8-11(7-9)19(20)21)18-13-5-3-4-12(15)14(13)16/h3-8,17-18H,2H2,1H3. The lowest BCUT2D eigenvalue weighted by atomic mass is 10.2. The highest BCUT2D eigenvalue weighted by Crippen LogP contribution is 2.33. The second-order valence-corrected chi connectivity index (χ2v) is 5.07. The van der Waals surface area contributed by atoms with E-state index in [1.807, 2.05) is 6.92 Å². The lowest BCUT2D eigenvalue weighted by Gasteiger charge is -2.11. The van der Waals surface area contributed by atoms with Crippen LogP contribution in [0.4, 0.5) is 22.7 Å². The van der Waals surface area contributed by atoms with Gasteiger partial charge < -0.3 is 10.6 Å². The Labute approximate surface area is 132 Å². The molecule has 0 saturated heterocycles. The van der Waals surface area contributed by atoms with Crippen molar-refractivity contribution in [2.75, 3.05) is 17.2 Å². The van der Waals surface area contributed by atoms with Crippen LogP contribution < -0.4 is 10.6 Å². The third kappa shape index (κ3) is 3.77. The topological polar surface area (TPSA) is 67.2 Å². The quantitative estimate of drug-likeness (QED) is 0.594. The average molecular weight is 326 g/mol. The number of anilines is 3. The summed E-state index contributed by atoms with van der Waals surface area (Å²) in [6.07, 6.45) is 0. The van der Waals surface area contributed by atoms with E-state index in [0.717, 1.165) is 0 Å². The summed E-state index contributed by atoms with van der Waals surface area (Å²) in [5.41, 5.74) is 1.80. The van der Waals surface area contributed by atoms with Gasteiger partial charge in [0.25, 0.3) is 5.69 Å². The number of hydrogen-bond donors (Lipinski definition) is 2. The molecule has 5 nitrogen and oxygen atoms in total. The summed E-state index contributed by atoms with van der Waals surface area (Å²) < 4.78 is 0. The molecule has 0 atom stereocenters. The zero-order chi connectivity index (χ0) is 15.4. The van der Waals surface area contributed by atoms with Crippen molar-refractivity contribution in [3.05, 3.63) is 56.6 Å². The molecule has 110 valence electrons. The van der Waals surface area contributed by atoms with Gasteiger partial charge >= 0.3 is 0 Å². The van der Waals surface area contributed by atoms with Gasteiger partial charge in [-0.15, -0.1) is 0 Å². The van der Waals surface area contributed by atoms with Gasteiger partial charge in [0.2, 0.25) is 0 Å². The molecule has 21 heavy (non-hydrogen) atoms. The van der Waals surface area contributed by atoms with Crippen LogP contribution in [0, 0.1) is 10.1 Å². The number of non-ortho nitro benzene ring substituents is 1. The Bertz CT molecular complexity index is 677. The van der Waals surface area contributed by atoms with E-state index in [-0.39, 0.29) is 5.69 Å². The largest absolute Gasteiger partial charge is 0.385 e. The lowest BCUT2D eigenvalue weighted by molar-refractivity contribution is -0.384. The number of rotatable bonds is 5. The van der Waals surface area contributed by atoms with Gasteiger partial charge in [0.1, 0.15) is 0 Å². The van der Waals surface area contributed by atoms with E-state index in [1.165, 1.54) is 12.1 Å². The van der Waals surface area contributed by atoms with Gasteiger partial charge in [-0.2, -0.15) is 0 Å². The summed E-state index contributed by atoms with van der Waals surface area (Å²) in [7, 11) is 0. The van der Waals surface area contributed by atoms with Crippen molar-refractivity contribution in [3.8, 4) is 0 Å². The maximum absolute atomic E-state index is 11.0. The Balaban J connectivity index is 2.38. The minimum Gasteiger partial charge on any atom is -0.385 e. The Kier molecular flexibility index (Phi) is 4.88. The summed E-state index contributed by atoms with van der Waals surface area (Å²) in [6.45, 7) is 2.58. The van der Waals surface area contributed by atoms with Gasteiger partial charge in [0, 0.05) is 30.1 Å². The molecule has 0 bridgehead atoms. The average Bonchev–Trinajstić information content (AvgIpc) is 2.44. The molecular weight excluding hydrogens is 313 g/mol. The van der Waals surface area contributed by atoms with Crippen LogP contribution in [0.25, 0.3) is 0 Å². The molecule has 0 aromatic heterocycles. The number of nitrogens with zero attached hydrogens (tertiary/aromatic N) is 1. The summed E-state index contributed by atoms with van der Waals surface area (Å²) >= 11 is 12.1. The Morgan fingerprint density at radius 1 is 1.19 bits per heavy atom. The normalized spacial score (nSPS) is 10.2. The fraction of sp³-hybridized carbons (Fsp3) is 0.143. The fourth-order valence-corrected chi connectivity index (χ4v) is 2.20. The van der Waals surface area contributed by atoms with Gasteiger partial charge in [-0.05, 0) is 25.1 Å². The summed E-state index contributed by atoms with van der Waals surface area (Å²) in [6, 6.07) is 9.87. The van der Waals surface area contributed by atoms with E-state index < -0.39 is 4.92 Å². The molecule has 0 heterocycles. The Hall–Kier alpha value is -1.98. The second-order valence-electron chi connectivity index (χ2n) is 4.28. The molecule has 2 aromatic rings. The fourth-order valence-electron chi connectivity index (χ4n) is 1.85. The minimum absolute atomic E-state index is 0.00546. The highest BCUT2D eigenvalue weighted by atomic mass is 35.5. The van der Waals surface area contributed by atoms with E-state index >= 15 is 0 Å². The maximum atomic E-state index is 11.0. The Morgan fingerprint density at radius 2 is 1.90 bits per heavy atom. The molecule has 2 aromatic carbocycles. The molecule has 0 aliphatic heterocycles. The number of benzene rings is 2. The molecule has 0 spiro atoms. The minimum atomic E-state index is -0.439. The lowest BCUT2D eigenvalue weighted by Crippen LogP contribution is -2.00. The van der Waals surface area contributed by atoms with Crippen LogP contribution in [-0.4, -0.2) is 11.5 Å². The molecule has 0 fully saturated rings. The molecule has 2 rings (SSSR count). The van der Waals surface area contributed by atoms with Crippen molar-refractivity contribution in [2.45, 2.75) is 6.92 Å². The van der Waals surface area contributed by atoms with Gasteiger partial charge in [0.05, 0.1) is 20.7 Å². The SMILES string of the molecule is CCNc1cc(Nc2cccc(Cl)c2Cl)cc([N+](=O)[O-])c1. The zero-order valence-corrected chi connectivity index (χ0v) is 12.7. The van der Waals surface area contributed by atoms with Crippen LogP contribution >= 0.6 is 23.2 Å². The van der Waals surface area contributed by atoms with Gasteiger partial charge in [-0.25, -0.2) is 0 Å². The molecular formula is C14H13Cl2N3O2. The molecule has 0 aliphatic carbocycles. The predicted molar refractivity (Wildman–Crippen MR) is 87.0 cm³/mol. The maximum Gasteiger partial charge on any atom is 0.273 e. The Morgan fingerprint density at radius 3 is 2.57 bits per heavy atom. The first kappa shape index (κ1) is 15.4. The van der Waals surface area contributed by atoms with Crippen LogP contribution in [0.2, 0.25) is 10.0 Å². The van der Waals surface area contributed by atoms with Crippen molar-refractivity contribution in [2.24, 2.45) is 0 Å². The first-order valence-corrected chi connectivity index (χ1v) is 7.01. The van der Waals surface area contributed by atoms with Crippen LogP contribution in [-0.2, 0) is 0 Å². The molecule has 7 heteroatoms. The number of nitro groups is 1. The molecule has 0 amide bonds. The molecule has 2 N–H and O–H groups in total. The van der Waals surface area contributed by atoms with Gasteiger partial charge in [0.15, 0.2) is 0 Å². The van der Waals surface area contributed by atoms with Crippen LogP contribution in [0.15, 0.2) is 36.4 Å². The van der Waals surface area contributed by atoms with Gasteiger partial charge in [-0.3, -0.25) is 10.1 Å². The summed E-state index contributed by atoms with van der Waals surface area (Å²) in [4.78, 5) is 10.5.